The van der Waals surface area contributed by atoms with Gasteiger partial charge < -0.3 is 9.64 Å². The second-order valence-electron chi connectivity index (χ2n) is 13.9. The number of halogens is 1. The van der Waals surface area contributed by atoms with Crippen LogP contribution in [0.2, 0.25) is 0 Å². The number of nitrogens with zero attached hydrogens (tertiary/aromatic N) is 4. The number of benzene rings is 2. The molecule has 3 aliphatic heterocycles. The van der Waals surface area contributed by atoms with Crippen LogP contribution in [0, 0.1) is 5.92 Å². The van der Waals surface area contributed by atoms with E-state index in [0.29, 0.717) is 39.2 Å². The van der Waals surface area contributed by atoms with E-state index in [4.69, 9.17) is 4.74 Å². The molecule has 3 aliphatic rings. The standard InChI is InChI=1S/C36H52IN4O5/c1-6-7-18-41(29-11-8-10-26(21-29)23-37(2,3)4)33(42)25-40-24-30(27-12-13-32-28(22-27)15-20-46-32)34(35(43)44)31(40)14-19-39-17-9-16-38(5)36(39)45/h8,10-13,21-22,30-31,34H,6-7,9,14-20,23-25H2,1-5H3,(H,43,44)/q-1/t30-,31+,34-/m1/s1. The summed E-state index contributed by atoms with van der Waals surface area (Å²) in [4.78, 5) is 55.0. The van der Waals surface area contributed by atoms with Crippen LogP contribution in [-0.4, -0.2) is 111 Å². The number of unbranched alkanes of at least 4 members (excludes halogenated alkanes) is 1. The van der Waals surface area contributed by atoms with Crippen molar-refractivity contribution in [1.29, 1.82) is 0 Å². The molecule has 254 valence electrons. The zero-order valence-corrected chi connectivity index (χ0v) is 30.4. The van der Waals surface area contributed by atoms with Crippen LogP contribution in [0.1, 0.15) is 55.2 Å². The van der Waals surface area contributed by atoms with Crippen LogP contribution in [0.25, 0.3) is 0 Å². The maximum atomic E-state index is 14.3. The molecular weight excluding hydrogens is 695 g/mol. The summed E-state index contributed by atoms with van der Waals surface area (Å²) < 4.78 is 6.82. The molecule has 0 unspecified atom stereocenters. The van der Waals surface area contributed by atoms with Crippen LogP contribution in [-0.2, 0) is 20.4 Å². The van der Waals surface area contributed by atoms with E-state index in [-0.39, 0.29) is 30.4 Å². The summed E-state index contributed by atoms with van der Waals surface area (Å²) in [5.41, 5.74) is 4.29. The molecule has 3 atom stereocenters. The molecule has 5 rings (SSSR count). The van der Waals surface area contributed by atoms with Crippen molar-refractivity contribution in [2.45, 2.75) is 55.4 Å². The van der Waals surface area contributed by atoms with Crippen molar-refractivity contribution in [1.82, 2.24) is 14.7 Å². The van der Waals surface area contributed by atoms with E-state index in [2.05, 4.69) is 50.9 Å². The molecule has 10 heteroatoms. The molecule has 3 amide bonds. The van der Waals surface area contributed by atoms with Crippen molar-refractivity contribution >= 4 is 23.6 Å². The number of hydrogen-bond donors (Lipinski definition) is 1. The Kier molecular flexibility index (Phi) is 11.2. The SMILES string of the molecule is CCCCN(C(=O)CN1C[C@H](c2ccc3c(c2)CCO3)[C@@H](C(=O)O)[C@@H]1CCN1CCCN(C)C1=O)c1cccc(C[I-](C)(C)C)c1. The molecule has 2 saturated heterocycles. The average molecular weight is 748 g/mol. The first kappa shape index (κ1) is 34.5. The molecule has 1 N–H and O–H groups in total. The molecule has 0 radical (unpaired) electrons. The Bertz CT molecular complexity index is 1410. The van der Waals surface area contributed by atoms with Gasteiger partial charge in [0.25, 0.3) is 0 Å². The van der Waals surface area contributed by atoms with Crippen LogP contribution in [0.15, 0.2) is 42.5 Å². The number of fused-ring (bicyclic) bond motifs is 1. The number of urea groups is 1. The summed E-state index contributed by atoms with van der Waals surface area (Å²) >= 11 is -1.79. The number of amides is 3. The van der Waals surface area contributed by atoms with Gasteiger partial charge in [-0.15, -0.1) is 0 Å². The Labute approximate surface area is 278 Å². The second kappa shape index (κ2) is 14.9. The molecule has 0 aliphatic carbocycles. The summed E-state index contributed by atoms with van der Waals surface area (Å²) in [5.74, 6) is -0.961. The summed E-state index contributed by atoms with van der Waals surface area (Å²) in [5, 5.41) is 10.7. The topological polar surface area (TPSA) is 93.6 Å². The molecule has 2 aromatic rings. The van der Waals surface area contributed by atoms with E-state index in [9.17, 15) is 19.5 Å². The molecule has 9 nitrogen and oxygen atoms in total. The van der Waals surface area contributed by atoms with Gasteiger partial charge in [-0.2, -0.15) is 0 Å². The van der Waals surface area contributed by atoms with Crippen LogP contribution >= 0.6 is 0 Å². The van der Waals surface area contributed by atoms with Crippen LogP contribution in [0.5, 0.6) is 5.75 Å². The van der Waals surface area contributed by atoms with Gasteiger partial charge in [-0.25, -0.2) is 4.79 Å². The fourth-order valence-corrected chi connectivity index (χ4v) is 10.4. The zero-order valence-electron chi connectivity index (χ0n) is 28.2. The number of likely N-dealkylation sites (tertiary alicyclic amines) is 1. The number of hydrogen-bond acceptors (Lipinski definition) is 5. The summed E-state index contributed by atoms with van der Waals surface area (Å²) in [6.45, 7) is 5.86. The minimum absolute atomic E-state index is 0.00634. The first-order valence-electron chi connectivity index (χ1n) is 16.6. The van der Waals surface area contributed by atoms with Gasteiger partial charge in [0, 0.05) is 26.6 Å². The van der Waals surface area contributed by atoms with Gasteiger partial charge in [0.1, 0.15) is 5.75 Å². The number of anilines is 1. The Hall–Kier alpha value is -2.86. The molecule has 0 saturated carbocycles. The minimum atomic E-state index is -1.79. The fourth-order valence-electron chi connectivity index (χ4n) is 7.30. The van der Waals surface area contributed by atoms with E-state index < -0.39 is 30.3 Å². The number of carboxylic acid groups (broad SMARTS) is 1. The third kappa shape index (κ3) is 8.16. The van der Waals surface area contributed by atoms with Crippen molar-refractivity contribution in [2.75, 3.05) is 72.6 Å². The quantitative estimate of drug-likeness (QED) is 0.248. The van der Waals surface area contributed by atoms with Crippen molar-refractivity contribution in [3.8, 4) is 5.75 Å². The van der Waals surface area contributed by atoms with Crippen LogP contribution in [0.4, 0.5) is 10.5 Å². The summed E-state index contributed by atoms with van der Waals surface area (Å²) in [6, 6.07) is 14.1. The van der Waals surface area contributed by atoms with Gasteiger partial charge in [0.15, 0.2) is 0 Å². The third-order valence-corrected chi connectivity index (χ3v) is 12.7. The van der Waals surface area contributed by atoms with Crippen molar-refractivity contribution < 1.29 is 42.7 Å². The number of carboxylic acids is 1. The Balaban J connectivity index is 1.43. The first-order chi connectivity index (χ1) is 21.9. The van der Waals surface area contributed by atoms with Gasteiger partial charge in [-0.1, -0.05) is 0 Å². The van der Waals surface area contributed by atoms with Gasteiger partial charge >= 0.3 is 208 Å². The van der Waals surface area contributed by atoms with E-state index in [0.717, 1.165) is 59.2 Å². The van der Waals surface area contributed by atoms with Crippen molar-refractivity contribution in [3.05, 3.63) is 59.2 Å². The Morgan fingerprint density at radius 3 is 2.65 bits per heavy atom. The number of rotatable bonds is 13. The Morgan fingerprint density at radius 2 is 1.91 bits per heavy atom. The van der Waals surface area contributed by atoms with E-state index in [1.807, 2.05) is 35.0 Å². The molecular formula is C36H52IN4O5-. The number of aliphatic carboxylic acids is 1. The van der Waals surface area contributed by atoms with Gasteiger partial charge in [-0.3, -0.25) is 0 Å². The first-order valence-corrected chi connectivity index (χ1v) is 24.6. The molecule has 0 spiro atoms. The molecule has 0 bridgehead atoms. The predicted molar refractivity (Wildman–Crippen MR) is 179 cm³/mol. The summed E-state index contributed by atoms with van der Waals surface area (Å²) in [6.07, 6.45) is 4.06. The number of ether oxygens (including phenoxy) is 1. The fraction of sp³-hybridized carbons (Fsp3) is 0.583. The van der Waals surface area contributed by atoms with E-state index in [1.165, 1.54) is 5.56 Å². The number of alkyl halides is 4. The second-order valence-corrected chi connectivity index (χ2v) is 25.7. The van der Waals surface area contributed by atoms with Gasteiger partial charge in [0.05, 0.1) is 6.61 Å². The van der Waals surface area contributed by atoms with Crippen molar-refractivity contribution in [2.24, 2.45) is 5.92 Å². The normalized spacial score (nSPS) is 22.1. The third-order valence-electron chi connectivity index (χ3n) is 9.54. The molecule has 2 aromatic carbocycles. The van der Waals surface area contributed by atoms with Gasteiger partial charge in [-0.05, 0) is 18.1 Å². The van der Waals surface area contributed by atoms with Gasteiger partial charge in [0.2, 0.25) is 0 Å². The molecule has 0 aromatic heterocycles. The maximum absolute atomic E-state index is 14.3. The molecule has 2 fully saturated rings. The molecule has 46 heavy (non-hydrogen) atoms. The Morgan fingerprint density at radius 1 is 1.11 bits per heavy atom. The van der Waals surface area contributed by atoms with E-state index >= 15 is 0 Å². The summed E-state index contributed by atoms with van der Waals surface area (Å²) in [7, 11) is 1.81. The van der Waals surface area contributed by atoms with Crippen LogP contribution < -0.4 is 28.1 Å². The predicted octanol–water partition coefficient (Wildman–Crippen LogP) is 1.62. The zero-order chi connectivity index (χ0) is 33.0. The number of carbonyl (C=O) groups is 3. The number of carbonyl (C=O) groups excluding carboxylic acids is 2. The van der Waals surface area contributed by atoms with E-state index in [1.54, 1.807) is 4.90 Å². The molecule has 3 heterocycles. The van der Waals surface area contributed by atoms with Crippen molar-refractivity contribution in [3.63, 3.8) is 0 Å². The average Bonchev–Trinajstić information content (AvgIpc) is 3.61. The van der Waals surface area contributed by atoms with Crippen LogP contribution in [0.3, 0.4) is 0 Å². The monoisotopic (exact) mass is 747 g/mol.